The van der Waals surface area contributed by atoms with E-state index in [1.807, 2.05) is 0 Å². The Balaban J connectivity index is 1.92. The summed E-state index contributed by atoms with van der Waals surface area (Å²) in [6, 6.07) is 2.69. The van der Waals surface area contributed by atoms with Gasteiger partial charge in [-0.25, -0.2) is 0 Å². The molecule has 0 aromatic carbocycles. The summed E-state index contributed by atoms with van der Waals surface area (Å²) in [5.74, 6) is 2.51. The Morgan fingerprint density at radius 1 is 1.06 bits per heavy atom. The van der Waals surface area contributed by atoms with E-state index < -0.39 is 0 Å². The Kier molecular flexibility index (Phi) is 4.71. The Morgan fingerprint density at radius 2 is 1.61 bits per heavy atom. The Bertz CT molecular complexity index is 287. The second kappa shape index (κ2) is 6.09. The fraction of sp³-hybridized carbons (Fsp3) is 0.941. The highest BCUT2D eigenvalue weighted by atomic mass is 14.5. The lowest BCUT2D eigenvalue weighted by atomic mass is 9.61. The number of hydrogen-bond acceptors (Lipinski definition) is 1. The molecular weight excluding hydrogens is 218 g/mol. The molecule has 0 bridgehead atoms. The topological polar surface area (TPSA) is 23.8 Å². The van der Waals surface area contributed by atoms with Gasteiger partial charge in [0, 0.05) is 0 Å². The minimum atomic E-state index is 0.0138. The van der Waals surface area contributed by atoms with E-state index in [0.29, 0.717) is 5.92 Å². The van der Waals surface area contributed by atoms with E-state index >= 15 is 0 Å². The van der Waals surface area contributed by atoms with Gasteiger partial charge in [0.1, 0.15) is 0 Å². The average Bonchev–Trinajstić information content (AvgIpc) is 2.47. The molecule has 102 valence electrons. The average molecular weight is 247 g/mol. The molecule has 18 heavy (non-hydrogen) atoms. The molecule has 2 aliphatic carbocycles. The van der Waals surface area contributed by atoms with Crippen LogP contribution in [0.5, 0.6) is 0 Å². The largest absolute Gasteiger partial charge is 0.198 e. The molecule has 2 fully saturated rings. The lowest BCUT2D eigenvalue weighted by Gasteiger charge is -2.42. The Labute approximate surface area is 113 Å². The number of nitrogens with zero attached hydrogens (tertiary/aromatic N) is 1. The van der Waals surface area contributed by atoms with Crippen molar-refractivity contribution in [3.05, 3.63) is 0 Å². The van der Waals surface area contributed by atoms with Crippen LogP contribution < -0.4 is 0 Å². The van der Waals surface area contributed by atoms with Gasteiger partial charge in [0.15, 0.2) is 0 Å². The molecule has 0 N–H and O–H groups in total. The lowest BCUT2D eigenvalue weighted by Crippen LogP contribution is -2.34. The van der Waals surface area contributed by atoms with Crippen LogP contribution in [0.2, 0.25) is 0 Å². The van der Waals surface area contributed by atoms with Gasteiger partial charge in [0.25, 0.3) is 0 Å². The molecule has 0 aliphatic heterocycles. The van der Waals surface area contributed by atoms with Crippen LogP contribution in [0, 0.1) is 34.5 Å². The van der Waals surface area contributed by atoms with Crippen molar-refractivity contribution >= 4 is 0 Å². The highest BCUT2D eigenvalue weighted by molar-refractivity contribution is 5.04. The molecule has 0 radical (unpaired) electrons. The molecule has 2 aliphatic rings. The van der Waals surface area contributed by atoms with Gasteiger partial charge in [-0.3, -0.25) is 0 Å². The normalized spacial score (nSPS) is 35.9. The fourth-order valence-corrected chi connectivity index (χ4v) is 4.34. The first-order valence-corrected chi connectivity index (χ1v) is 8.13. The Hall–Kier alpha value is -0.510. The summed E-state index contributed by atoms with van der Waals surface area (Å²) in [6.07, 6.45) is 13.4. The molecule has 0 amide bonds. The smallest absolute Gasteiger partial charge is 0.0692 e. The van der Waals surface area contributed by atoms with Crippen molar-refractivity contribution in [2.45, 2.75) is 78.1 Å². The second-order valence-electron chi connectivity index (χ2n) is 6.81. The zero-order valence-corrected chi connectivity index (χ0v) is 12.3. The Morgan fingerprint density at radius 3 is 2.11 bits per heavy atom. The highest BCUT2D eigenvalue weighted by Crippen LogP contribution is 2.48. The lowest BCUT2D eigenvalue weighted by molar-refractivity contribution is 0.0984. The van der Waals surface area contributed by atoms with Gasteiger partial charge >= 0.3 is 0 Å². The summed E-state index contributed by atoms with van der Waals surface area (Å²) in [5, 5.41) is 9.59. The van der Waals surface area contributed by atoms with Crippen LogP contribution in [0.4, 0.5) is 0 Å². The number of rotatable bonds is 3. The van der Waals surface area contributed by atoms with Crippen molar-refractivity contribution in [2.75, 3.05) is 0 Å². The zero-order chi connectivity index (χ0) is 13.0. The summed E-state index contributed by atoms with van der Waals surface area (Å²) in [5.41, 5.74) is 0.0138. The van der Waals surface area contributed by atoms with Crippen molar-refractivity contribution in [3.8, 4) is 6.07 Å². The van der Waals surface area contributed by atoms with Gasteiger partial charge < -0.3 is 0 Å². The van der Waals surface area contributed by atoms with E-state index in [1.54, 1.807) is 0 Å². The van der Waals surface area contributed by atoms with E-state index in [-0.39, 0.29) is 5.41 Å². The van der Waals surface area contributed by atoms with Crippen LogP contribution in [0.1, 0.15) is 78.1 Å². The molecule has 0 heterocycles. The molecule has 1 atom stereocenters. The van der Waals surface area contributed by atoms with Crippen molar-refractivity contribution < 1.29 is 0 Å². The monoisotopic (exact) mass is 247 g/mol. The molecule has 0 spiro atoms. The third-order valence-electron chi connectivity index (χ3n) is 6.02. The van der Waals surface area contributed by atoms with Crippen LogP contribution in [-0.4, -0.2) is 0 Å². The minimum Gasteiger partial charge on any atom is -0.198 e. The van der Waals surface area contributed by atoms with Crippen LogP contribution in [0.25, 0.3) is 0 Å². The van der Waals surface area contributed by atoms with Crippen LogP contribution in [-0.2, 0) is 0 Å². The number of hydrogen-bond donors (Lipinski definition) is 0. The first-order valence-electron chi connectivity index (χ1n) is 8.13. The SMILES string of the molecule is CCC(C)C1(C#N)CCC(C2CCCCC2)CC1. The first-order chi connectivity index (χ1) is 8.72. The van der Waals surface area contributed by atoms with Crippen molar-refractivity contribution in [1.82, 2.24) is 0 Å². The summed E-state index contributed by atoms with van der Waals surface area (Å²) >= 11 is 0. The molecule has 0 aromatic rings. The van der Waals surface area contributed by atoms with Crippen molar-refractivity contribution in [2.24, 2.45) is 23.2 Å². The zero-order valence-electron chi connectivity index (χ0n) is 12.3. The summed E-state index contributed by atoms with van der Waals surface area (Å²) in [6.45, 7) is 4.52. The molecule has 0 saturated heterocycles. The van der Waals surface area contributed by atoms with Gasteiger partial charge in [0.2, 0.25) is 0 Å². The van der Waals surface area contributed by atoms with Gasteiger partial charge in [-0.1, -0.05) is 52.4 Å². The first kappa shape index (κ1) is 13.9. The van der Waals surface area contributed by atoms with E-state index in [9.17, 15) is 5.26 Å². The quantitative estimate of drug-likeness (QED) is 0.662. The summed E-state index contributed by atoms with van der Waals surface area (Å²) < 4.78 is 0. The van der Waals surface area contributed by atoms with E-state index in [4.69, 9.17) is 0 Å². The van der Waals surface area contributed by atoms with Gasteiger partial charge in [0.05, 0.1) is 11.5 Å². The second-order valence-corrected chi connectivity index (χ2v) is 6.81. The van der Waals surface area contributed by atoms with E-state index in [1.165, 1.54) is 57.8 Å². The maximum atomic E-state index is 9.59. The summed E-state index contributed by atoms with van der Waals surface area (Å²) in [7, 11) is 0. The molecule has 2 rings (SSSR count). The van der Waals surface area contributed by atoms with Crippen molar-refractivity contribution in [3.63, 3.8) is 0 Å². The molecule has 1 heteroatoms. The molecule has 2 saturated carbocycles. The number of nitriles is 1. The third-order valence-corrected chi connectivity index (χ3v) is 6.02. The predicted octanol–water partition coefficient (Wildman–Crippen LogP) is 5.31. The third kappa shape index (κ3) is 2.73. The fourth-order valence-electron chi connectivity index (χ4n) is 4.34. The minimum absolute atomic E-state index is 0.0138. The molecule has 1 nitrogen and oxygen atoms in total. The van der Waals surface area contributed by atoms with Gasteiger partial charge in [-0.2, -0.15) is 5.26 Å². The standard InChI is InChI=1S/C17H29N/c1-3-14(2)17(13-18)11-9-16(10-12-17)15-7-5-4-6-8-15/h14-16H,3-12H2,1-2H3. The highest BCUT2D eigenvalue weighted by Gasteiger charge is 2.40. The van der Waals surface area contributed by atoms with Crippen LogP contribution in [0.15, 0.2) is 0 Å². The molecule has 0 aromatic heterocycles. The van der Waals surface area contributed by atoms with Gasteiger partial charge in [-0.05, 0) is 43.4 Å². The van der Waals surface area contributed by atoms with Crippen LogP contribution >= 0.6 is 0 Å². The maximum Gasteiger partial charge on any atom is 0.0692 e. The van der Waals surface area contributed by atoms with E-state index in [2.05, 4.69) is 19.9 Å². The van der Waals surface area contributed by atoms with Crippen LogP contribution in [0.3, 0.4) is 0 Å². The summed E-state index contributed by atoms with van der Waals surface area (Å²) in [4.78, 5) is 0. The maximum absolute atomic E-state index is 9.59. The molecule has 1 unspecified atom stereocenters. The predicted molar refractivity (Wildman–Crippen MR) is 76.0 cm³/mol. The van der Waals surface area contributed by atoms with E-state index in [0.717, 1.165) is 18.3 Å². The molecular formula is C17H29N. The van der Waals surface area contributed by atoms with Crippen molar-refractivity contribution in [1.29, 1.82) is 5.26 Å². The van der Waals surface area contributed by atoms with Gasteiger partial charge in [-0.15, -0.1) is 0 Å².